The van der Waals surface area contributed by atoms with Gasteiger partial charge >= 0.3 is 0 Å². The summed E-state index contributed by atoms with van der Waals surface area (Å²) in [6.07, 6.45) is 4.77. The van der Waals surface area contributed by atoms with Gasteiger partial charge in [-0.2, -0.15) is 0 Å². The number of piperidine rings is 1. The lowest BCUT2D eigenvalue weighted by Gasteiger charge is -2.33. The van der Waals surface area contributed by atoms with E-state index in [-0.39, 0.29) is 24.1 Å². The number of hydrogen-bond acceptors (Lipinski definition) is 4. The monoisotopic (exact) mass is 319 g/mol. The number of aryl methyl sites for hydroxylation is 2. The first kappa shape index (κ1) is 15.2. The lowest BCUT2D eigenvalue weighted by Crippen LogP contribution is -2.44. The van der Waals surface area contributed by atoms with Crippen molar-refractivity contribution in [3.8, 4) is 0 Å². The van der Waals surface area contributed by atoms with Crippen LogP contribution in [-0.4, -0.2) is 32.9 Å². The van der Waals surface area contributed by atoms with Gasteiger partial charge in [-0.05, 0) is 45.6 Å². The Morgan fingerprint density at radius 2 is 2.18 bits per heavy atom. The van der Waals surface area contributed by atoms with Gasteiger partial charge in [0, 0.05) is 17.5 Å². The minimum Gasteiger partial charge on any atom is -0.338 e. The first-order valence-corrected chi connectivity index (χ1v) is 8.55. The number of carbonyl (C=O) groups is 1. The molecule has 0 aromatic carbocycles. The van der Waals surface area contributed by atoms with Crippen LogP contribution in [0.3, 0.4) is 0 Å². The summed E-state index contributed by atoms with van der Waals surface area (Å²) >= 11 is 1.53. The molecule has 1 aliphatic rings. The zero-order valence-corrected chi connectivity index (χ0v) is 14.1. The van der Waals surface area contributed by atoms with Crippen LogP contribution in [0.4, 0.5) is 0 Å². The highest BCUT2D eigenvalue weighted by Crippen LogP contribution is 2.25. The number of amides is 1. The van der Waals surface area contributed by atoms with Crippen LogP contribution in [0.2, 0.25) is 0 Å². The van der Waals surface area contributed by atoms with Crippen LogP contribution in [0.15, 0.2) is 11.1 Å². The topological polar surface area (TPSA) is 55.2 Å². The summed E-state index contributed by atoms with van der Waals surface area (Å²) < 4.78 is 1.45. The standard InChI is InChI=1S/C16H21N3O2S/c1-10-6-4-5-7-19(10)13(20)8-18-9-17-15-14(16(18)21)11(2)12(3)22-15/h9-10H,4-8H2,1-3H3/t10-/m1/s1. The van der Waals surface area contributed by atoms with Crippen molar-refractivity contribution >= 4 is 27.5 Å². The van der Waals surface area contributed by atoms with E-state index in [4.69, 9.17) is 0 Å². The smallest absolute Gasteiger partial charge is 0.262 e. The summed E-state index contributed by atoms with van der Waals surface area (Å²) in [6.45, 7) is 6.89. The van der Waals surface area contributed by atoms with Crippen molar-refractivity contribution in [2.45, 2.75) is 52.6 Å². The van der Waals surface area contributed by atoms with Crippen LogP contribution in [0.1, 0.15) is 36.6 Å². The lowest BCUT2D eigenvalue weighted by atomic mass is 10.0. The Morgan fingerprint density at radius 1 is 1.41 bits per heavy atom. The van der Waals surface area contributed by atoms with Crippen molar-refractivity contribution in [1.29, 1.82) is 0 Å². The van der Waals surface area contributed by atoms with Gasteiger partial charge in [0.1, 0.15) is 11.4 Å². The second-order valence-electron chi connectivity index (χ2n) is 6.07. The maximum absolute atomic E-state index is 12.6. The summed E-state index contributed by atoms with van der Waals surface area (Å²) in [5.74, 6) is 0.0139. The molecule has 0 unspecified atom stereocenters. The van der Waals surface area contributed by atoms with Crippen molar-refractivity contribution in [3.63, 3.8) is 0 Å². The molecule has 2 aromatic heterocycles. The van der Waals surface area contributed by atoms with Gasteiger partial charge in [0.25, 0.3) is 5.56 Å². The second-order valence-corrected chi connectivity index (χ2v) is 7.28. The molecule has 1 saturated heterocycles. The number of nitrogens with zero attached hydrogens (tertiary/aromatic N) is 3. The second kappa shape index (κ2) is 5.83. The largest absolute Gasteiger partial charge is 0.338 e. The van der Waals surface area contributed by atoms with Crippen molar-refractivity contribution in [3.05, 3.63) is 27.1 Å². The number of hydrogen-bond donors (Lipinski definition) is 0. The van der Waals surface area contributed by atoms with E-state index in [1.54, 1.807) is 0 Å². The Kier molecular flexibility index (Phi) is 4.04. The third-order valence-electron chi connectivity index (χ3n) is 4.58. The Labute approximate surface area is 133 Å². The van der Waals surface area contributed by atoms with E-state index >= 15 is 0 Å². The van der Waals surface area contributed by atoms with Crippen LogP contribution in [0.25, 0.3) is 10.2 Å². The predicted molar refractivity (Wildman–Crippen MR) is 88.4 cm³/mol. The number of likely N-dealkylation sites (tertiary alicyclic amines) is 1. The molecule has 0 spiro atoms. The summed E-state index contributed by atoms with van der Waals surface area (Å²) in [4.78, 5) is 33.2. The molecular formula is C16H21N3O2S. The summed E-state index contributed by atoms with van der Waals surface area (Å²) in [5, 5.41) is 0.657. The molecule has 3 heterocycles. The van der Waals surface area contributed by atoms with E-state index in [0.29, 0.717) is 5.39 Å². The van der Waals surface area contributed by atoms with E-state index in [1.807, 2.05) is 18.7 Å². The fourth-order valence-electron chi connectivity index (χ4n) is 3.09. The SMILES string of the molecule is Cc1sc2ncn(CC(=O)N3CCCC[C@H]3C)c(=O)c2c1C. The number of rotatable bonds is 2. The average molecular weight is 319 g/mol. The fourth-order valence-corrected chi connectivity index (χ4v) is 4.08. The summed E-state index contributed by atoms with van der Waals surface area (Å²) in [6, 6.07) is 0.263. The lowest BCUT2D eigenvalue weighted by molar-refractivity contribution is -0.135. The summed E-state index contributed by atoms with van der Waals surface area (Å²) in [7, 11) is 0. The van der Waals surface area contributed by atoms with E-state index in [2.05, 4.69) is 11.9 Å². The van der Waals surface area contributed by atoms with Crippen LogP contribution >= 0.6 is 11.3 Å². The van der Waals surface area contributed by atoms with Crippen molar-refractivity contribution in [2.24, 2.45) is 0 Å². The van der Waals surface area contributed by atoms with Crippen LogP contribution < -0.4 is 5.56 Å². The van der Waals surface area contributed by atoms with E-state index in [9.17, 15) is 9.59 Å². The van der Waals surface area contributed by atoms with E-state index in [0.717, 1.165) is 34.7 Å². The van der Waals surface area contributed by atoms with Crippen LogP contribution in [0.5, 0.6) is 0 Å². The molecule has 6 heteroatoms. The molecule has 0 saturated carbocycles. The molecule has 1 aliphatic heterocycles. The molecule has 1 amide bonds. The van der Waals surface area contributed by atoms with Gasteiger partial charge < -0.3 is 4.90 Å². The normalized spacial score (nSPS) is 18.9. The Morgan fingerprint density at radius 3 is 2.91 bits per heavy atom. The molecule has 0 bridgehead atoms. The Bertz CT molecular complexity index is 778. The van der Waals surface area contributed by atoms with Crippen LogP contribution in [-0.2, 0) is 11.3 Å². The average Bonchev–Trinajstić information content (AvgIpc) is 2.78. The molecule has 0 aliphatic carbocycles. The van der Waals surface area contributed by atoms with Gasteiger partial charge in [0.2, 0.25) is 5.91 Å². The first-order valence-electron chi connectivity index (χ1n) is 7.73. The Hall–Kier alpha value is -1.69. The number of fused-ring (bicyclic) bond motifs is 1. The molecule has 0 radical (unpaired) electrons. The fraction of sp³-hybridized carbons (Fsp3) is 0.562. The van der Waals surface area contributed by atoms with Gasteiger partial charge in [0.05, 0.1) is 11.7 Å². The third-order valence-corrected chi connectivity index (χ3v) is 5.70. The zero-order valence-electron chi connectivity index (χ0n) is 13.3. The highest BCUT2D eigenvalue weighted by molar-refractivity contribution is 7.18. The number of carbonyl (C=O) groups excluding carboxylic acids is 1. The molecule has 22 heavy (non-hydrogen) atoms. The quantitative estimate of drug-likeness (QED) is 0.854. The molecule has 2 aromatic rings. The molecule has 118 valence electrons. The number of thiophene rings is 1. The Balaban J connectivity index is 1.91. The van der Waals surface area contributed by atoms with E-state index in [1.165, 1.54) is 28.7 Å². The van der Waals surface area contributed by atoms with Gasteiger partial charge in [-0.3, -0.25) is 14.2 Å². The van der Waals surface area contributed by atoms with Gasteiger partial charge in [-0.25, -0.2) is 4.98 Å². The predicted octanol–water partition coefficient (Wildman–Crippen LogP) is 2.48. The number of aromatic nitrogens is 2. The molecule has 0 N–H and O–H groups in total. The molecular weight excluding hydrogens is 298 g/mol. The van der Waals surface area contributed by atoms with Gasteiger partial charge in [-0.15, -0.1) is 11.3 Å². The van der Waals surface area contributed by atoms with Crippen LogP contribution in [0, 0.1) is 13.8 Å². The maximum atomic E-state index is 12.6. The summed E-state index contributed by atoms with van der Waals surface area (Å²) in [5.41, 5.74) is 0.871. The van der Waals surface area contributed by atoms with Crippen molar-refractivity contribution in [2.75, 3.05) is 6.54 Å². The highest BCUT2D eigenvalue weighted by Gasteiger charge is 2.24. The maximum Gasteiger partial charge on any atom is 0.262 e. The van der Waals surface area contributed by atoms with Gasteiger partial charge in [0.15, 0.2) is 0 Å². The minimum atomic E-state index is -0.107. The van der Waals surface area contributed by atoms with Crippen molar-refractivity contribution in [1.82, 2.24) is 14.5 Å². The van der Waals surface area contributed by atoms with Gasteiger partial charge in [-0.1, -0.05) is 0 Å². The zero-order chi connectivity index (χ0) is 15.9. The molecule has 5 nitrogen and oxygen atoms in total. The van der Waals surface area contributed by atoms with Crippen molar-refractivity contribution < 1.29 is 4.79 Å². The minimum absolute atomic E-state index is 0.0139. The highest BCUT2D eigenvalue weighted by atomic mass is 32.1. The van der Waals surface area contributed by atoms with E-state index < -0.39 is 0 Å². The molecule has 1 fully saturated rings. The third kappa shape index (κ3) is 2.56. The molecule has 1 atom stereocenters. The first-order chi connectivity index (χ1) is 10.5. The molecule has 3 rings (SSSR count).